The minimum Gasteiger partial charge on any atom is -0.378 e. The second-order valence-electron chi connectivity index (χ2n) is 6.52. The number of hydrogen-bond acceptors (Lipinski definition) is 10. The zero-order valence-electron chi connectivity index (χ0n) is 15.3. The van der Waals surface area contributed by atoms with Gasteiger partial charge in [-0.25, -0.2) is 28.4 Å². The fraction of sp³-hybridized carbons (Fsp3) is 0.412. The molecule has 0 spiro atoms. The van der Waals surface area contributed by atoms with E-state index in [1.807, 2.05) is 0 Å². The van der Waals surface area contributed by atoms with E-state index in [1.165, 1.54) is 6.33 Å². The molecule has 0 bridgehead atoms. The summed E-state index contributed by atoms with van der Waals surface area (Å²) >= 11 is 1.55. The molecular formula is C17H20N6O3S2. The summed E-state index contributed by atoms with van der Waals surface area (Å²) in [6.45, 7) is 3.38. The van der Waals surface area contributed by atoms with Crippen LogP contribution < -0.4 is 4.90 Å². The summed E-state index contributed by atoms with van der Waals surface area (Å²) in [7, 11) is -0.657. The van der Waals surface area contributed by atoms with Gasteiger partial charge in [-0.2, -0.15) is 0 Å². The Bertz CT molecular complexity index is 1030. The van der Waals surface area contributed by atoms with Crippen molar-refractivity contribution < 1.29 is 13.2 Å². The third-order valence-corrected chi connectivity index (χ3v) is 6.06. The lowest BCUT2D eigenvalue weighted by atomic mass is 10.2. The summed E-state index contributed by atoms with van der Waals surface area (Å²) in [5.74, 6) is 1.48. The number of rotatable bonds is 6. The highest BCUT2D eigenvalue weighted by Gasteiger charge is 2.20. The van der Waals surface area contributed by atoms with E-state index in [0.717, 1.165) is 39.6 Å². The van der Waals surface area contributed by atoms with E-state index in [0.29, 0.717) is 25.6 Å². The van der Waals surface area contributed by atoms with Crippen molar-refractivity contribution in [3.63, 3.8) is 0 Å². The highest BCUT2D eigenvalue weighted by Crippen LogP contribution is 2.34. The van der Waals surface area contributed by atoms with Gasteiger partial charge in [0.15, 0.2) is 16.5 Å². The molecule has 3 aromatic heterocycles. The molecular weight excluding hydrogens is 400 g/mol. The van der Waals surface area contributed by atoms with Gasteiger partial charge in [0.05, 0.1) is 30.0 Å². The maximum atomic E-state index is 11.0. The van der Waals surface area contributed by atoms with Crippen molar-refractivity contribution in [1.29, 1.82) is 0 Å². The molecule has 0 unspecified atom stereocenters. The first-order chi connectivity index (χ1) is 13.6. The van der Waals surface area contributed by atoms with Crippen molar-refractivity contribution >= 4 is 38.1 Å². The summed E-state index contributed by atoms with van der Waals surface area (Å²) in [6.07, 6.45) is 4.87. The zero-order valence-corrected chi connectivity index (χ0v) is 17.0. The quantitative estimate of drug-likeness (QED) is 0.585. The van der Waals surface area contributed by atoms with Gasteiger partial charge in [-0.1, -0.05) is 0 Å². The molecule has 3 aromatic rings. The van der Waals surface area contributed by atoms with Crippen LogP contribution in [0.1, 0.15) is 4.88 Å². The van der Waals surface area contributed by atoms with Crippen molar-refractivity contribution in [1.82, 2.24) is 24.8 Å². The van der Waals surface area contributed by atoms with Gasteiger partial charge in [-0.3, -0.25) is 4.90 Å². The average molecular weight is 421 g/mol. The SMILES string of the molecule is CN(Cc1cc2c(N3CCOCC3)nc(-c3cncnc3)nc2s1)C[SH](=O)=O. The van der Waals surface area contributed by atoms with Crippen LogP contribution in [0.4, 0.5) is 5.82 Å². The number of nitrogens with zero attached hydrogens (tertiary/aromatic N) is 6. The van der Waals surface area contributed by atoms with Crippen LogP contribution in [0.25, 0.3) is 21.6 Å². The lowest BCUT2D eigenvalue weighted by molar-refractivity contribution is 0.122. The normalized spacial score (nSPS) is 15.0. The van der Waals surface area contributed by atoms with Gasteiger partial charge >= 0.3 is 0 Å². The molecule has 1 fully saturated rings. The molecule has 0 N–H and O–H groups in total. The lowest BCUT2D eigenvalue weighted by Crippen LogP contribution is -2.37. The Balaban J connectivity index is 1.76. The lowest BCUT2D eigenvalue weighted by Gasteiger charge is -2.28. The maximum absolute atomic E-state index is 11.0. The Morgan fingerprint density at radius 2 is 1.96 bits per heavy atom. The summed E-state index contributed by atoms with van der Waals surface area (Å²) in [5.41, 5.74) is 0.759. The van der Waals surface area contributed by atoms with E-state index in [-0.39, 0.29) is 5.88 Å². The third-order valence-electron chi connectivity index (χ3n) is 4.34. The number of thiophene rings is 1. The van der Waals surface area contributed by atoms with Gasteiger partial charge < -0.3 is 9.64 Å². The minimum absolute atomic E-state index is 0.0260. The fourth-order valence-electron chi connectivity index (χ4n) is 3.11. The molecule has 28 heavy (non-hydrogen) atoms. The fourth-order valence-corrected chi connectivity index (χ4v) is 4.70. The number of morpholine rings is 1. The van der Waals surface area contributed by atoms with Gasteiger partial charge in [-0.05, 0) is 13.1 Å². The van der Waals surface area contributed by atoms with Gasteiger partial charge in [0.25, 0.3) is 0 Å². The van der Waals surface area contributed by atoms with Crippen LogP contribution >= 0.6 is 11.3 Å². The molecule has 0 aliphatic carbocycles. The van der Waals surface area contributed by atoms with Crippen molar-refractivity contribution in [2.24, 2.45) is 0 Å². The predicted octanol–water partition coefficient (Wildman–Crippen LogP) is 0.986. The minimum atomic E-state index is -2.45. The van der Waals surface area contributed by atoms with Crippen LogP contribution in [0, 0.1) is 0 Å². The van der Waals surface area contributed by atoms with Gasteiger partial charge in [0.2, 0.25) is 0 Å². The number of fused-ring (bicyclic) bond motifs is 1. The largest absolute Gasteiger partial charge is 0.378 e. The summed E-state index contributed by atoms with van der Waals surface area (Å²) in [6, 6.07) is 2.06. The standard InChI is InChI=1S/C17H20N6O3S2/c1-22(11-28(24)25)9-13-6-14-16(23-2-4-26-5-3-23)20-15(21-17(14)27-13)12-7-18-10-19-8-12/h6-8,10,28H,2-5,9,11H2,1H3. The van der Waals surface area contributed by atoms with Crippen LogP contribution in [0.3, 0.4) is 0 Å². The number of aromatic nitrogens is 4. The molecule has 11 heteroatoms. The number of hydrogen-bond donors (Lipinski definition) is 1. The Morgan fingerprint density at radius 1 is 1.21 bits per heavy atom. The molecule has 4 rings (SSSR count). The van der Waals surface area contributed by atoms with Gasteiger partial charge in [0.1, 0.15) is 17.0 Å². The molecule has 0 amide bonds. The third kappa shape index (κ3) is 4.27. The first-order valence-corrected chi connectivity index (χ1v) is 11.0. The first kappa shape index (κ1) is 19.1. The van der Waals surface area contributed by atoms with E-state index in [2.05, 4.69) is 20.9 Å². The van der Waals surface area contributed by atoms with Crippen molar-refractivity contribution in [2.45, 2.75) is 6.54 Å². The van der Waals surface area contributed by atoms with Crippen LogP contribution in [-0.2, 0) is 22.0 Å². The Hall–Kier alpha value is -2.21. The Kier molecular flexibility index (Phi) is 5.76. The van der Waals surface area contributed by atoms with Crippen LogP contribution in [-0.4, -0.2) is 72.5 Å². The van der Waals surface area contributed by atoms with Gasteiger partial charge in [0, 0.05) is 36.9 Å². The molecule has 0 atom stereocenters. The summed E-state index contributed by atoms with van der Waals surface area (Å²) in [5, 5.41) is 0.974. The smallest absolute Gasteiger partial charge is 0.166 e. The number of ether oxygens (including phenoxy) is 1. The molecule has 9 nitrogen and oxygen atoms in total. The highest BCUT2D eigenvalue weighted by molar-refractivity contribution is 7.72. The van der Waals surface area contributed by atoms with E-state index < -0.39 is 10.7 Å². The van der Waals surface area contributed by atoms with E-state index in [9.17, 15) is 8.42 Å². The highest BCUT2D eigenvalue weighted by atomic mass is 32.2. The molecule has 1 saturated heterocycles. The summed E-state index contributed by atoms with van der Waals surface area (Å²) in [4.78, 5) is 23.6. The van der Waals surface area contributed by atoms with Crippen molar-refractivity contribution in [3.05, 3.63) is 29.7 Å². The van der Waals surface area contributed by atoms with Crippen LogP contribution in [0.15, 0.2) is 24.8 Å². The van der Waals surface area contributed by atoms with Crippen LogP contribution in [0.5, 0.6) is 0 Å². The first-order valence-electron chi connectivity index (χ1n) is 8.79. The monoisotopic (exact) mass is 420 g/mol. The van der Waals surface area contributed by atoms with E-state index in [1.54, 1.807) is 35.7 Å². The summed E-state index contributed by atoms with van der Waals surface area (Å²) < 4.78 is 27.4. The zero-order chi connectivity index (χ0) is 19.5. The molecule has 0 saturated carbocycles. The number of thiol groups is 1. The maximum Gasteiger partial charge on any atom is 0.166 e. The predicted molar refractivity (Wildman–Crippen MR) is 108 cm³/mol. The average Bonchev–Trinajstić information content (AvgIpc) is 3.10. The molecule has 148 valence electrons. The van der Waals surface area contributed by atoms with Crippen molar-refractivity contribution in [2.75, 3.05) is 44.1 Å². The molecule has 4 heterocycles. The van der Waals surface area contributed by atoms with E-state index in [4.69, 9.17) is 14.7 Å². The molecule has 0 radical (unpaired) electrons. The number of anilines is 1. The van der Waals surface area contributed by atoms with Gasteiger partial charge in [-0.15, -0.1) is 11.3 Å². The van der Waals surface area contributed by atoms with Crippen molar-refractivity contribution in [3.8, 4) is 11.4 Å². The molecule has 0 aromatic carbocycles. The molecule has 1 aliphatic heterocycles. The topological polar surface area (TPSA) is 101 Å². The second-order valence-corrected chi connectivity index (χ2v) is 8.58. The van der Waals surface area contributed by atoms with Crippen LogP contribution in [0.2, 0.25) is 0 Å². The molecule has 1 aliphatic rings. The van der Waals surface area contributed by atoms with E-state index >= 15 is 0 Å². The Morgan fingerprint density at radius 3 is 2.68 bits per heavy atom. The Labute approximate surface area is 168 Å². The second kappa shape index (κ2) is 8.43.